The van der Waals surface area contributed by atoms with E-state index in [0.717, 1.165) is 44.4 Å². The van der Waals surface area contributed by atoms with Crippen LogP contribution < -0.4 is 10.2 Å². The molecule has 1 N–H and O–H groups in total. The first-order valence-electron chi connectivity index (χ1n) is 6.07. The van der Waals surface area contributed by atoms with E-state index in [0.29, 0.717) is 0 Å². The number of methoxy groups -OCH3 is 1. The lowest BCUT2D eigenvalue weighted by atomic mass is 10.4. The molecule has 0 aromatic carbocycles. The number of nitrogens with one attached hydrogen (secondary N) is 1. The quantitative estimate of drug-likeness (QED) is 0.742. The number of nitrogens with zero attached hydrogens (tertiary/aromatic N) is 4. The van der Waals surface area contributed by atoms with Gasteiger partial charge in [0.05, 0.1) is 6.20 Å². The molecule has 0 spiro atoms. The number of hydrogen-bond acceptors (Lipinski definition) is 6. The Balaban J connectivity index is 1.87. The molecule has 1 aliphatic heterocycles. The highest BCUT2D eigenvalue weighted by molar-refractivity contribution is 5.39. The van der Waals surface area contributed by atoms with E-state index in [1.807, 2.05) is 0 Å². The Morgan fingerprint density at radius 1 is 1.41 bits per heavy atom. The average Bonchev–Trinajstić information content (AvgIpc) is 2.89. The Labute approximate surface area is 101 Å². The first kappa shape index (κ1) is 12.0. The maximum absolute atomic E-state index is 4.99. The number of ether oxygens (including phenoxy) is 1. The first-order valence-corrected chi connectivity index (χ1v) is 6.07. The molecule has 0 saturated carbocycles. The van der Waals surface area contributed by atoms with Crippen molar-refractivity contribution in [3.05, 3.63) is 6.20 Å². The van der Waals surface area contributed by atoms with Gasteiger partial charge in [-0.1, -0.05) is 0 Å². The highest BCUT2D eigenvalue weighted by Gasteiger charge is 2.15. The highest BCUT2D eigenvalue weighted by atomic mass is 16.5. The molecule has 1 fully saturated rings. The zero-order valence-corrected chi connectivity index (χ0v) is 10.2. The van der Waals surface area contributed by atoms with Crippen LogP contribution in [0.2, 0.25) is 0 Å². The summed E-state index contributed by atoms with van der Waals surface area (Å²) in [6.45, 7) is 3.67. The lowest BCUT2D eigenvalue weighted by molar-refractivity contribution is 0.197. The number of hydrogen-bond donors (Lipinski definition) is 1. The van der Waals surface area contributed by atoms with Gasteiger partial charge in [0.2, 0.25) is 5.95 Å². The number of aromatic nitrogens is 3. The fourth-order valence-electron chi connectivity index (χ4n) is 1.86. The molecule has 2 heterocycles. The van der Waals surface area contributed by atoms with Crippen molar-refractivity contribution in [3.63, 3.8) is 0 Å². The van der Waals surface area contributed by atoms with Crippen LogP contribution in [-0.4, -0.2) is 48.5 Å². The highest BCUT2D eigenvalue weighted by Crippen LogP contribution is 2.15. The zero-order chi connectivity index (χ0) is 11.9. The Morgan fingerprint density at radius 2 is 2.24 bits per heavy atom. The fourth-order valence-corrected chi connectivity index (χ4v) is 1.86. The van der Waals surface area contributed by atoms with Gasteiger partial charge in [0, 0.05) is 33.4 Å². The van der Waals surface area contributed by atoms with Crippen LogP contribution in [-0.2, 0) is 4.74 Å². The van der Waals surface area contributed by atoms with Crippen LogP contribution in [0.4, 0.5) is 11.8 Å². The maximum Gasteiger partial charge on any atom is 0.247 e. The molecule has 1 saturated heterocycles. The second-order valence-corrected chi connectivity index (χ2v) is 4.11. The molecule has 0 aliphatic carbocycles. The van der Waals surface area contributed by atoms with E-state index in [1.54, 1.807) is 13.3 Å². The molecule has 1 aromatic heterocycles. The van der Waals surface area contributed by atoms with Gasteiger partial charge < -0.3 is 15.0 Å². The summed E-state index contributed by atoms with van der Waals surface area (Å²) < 4.78 is 4.99. The van der Waals surface area contributed by atoms with E-state index in [9.17, 15) is 0 Å². The van der Waals surface area contributed by atoms with Crippen molar-refractivity contribution in [3.8, 4) is 0 Å². The second-order valence-electron chi connectivity index (χ2n) is 4.11. The molecule has 6 nitrogen and oxygen atoms in total. The van der Waals surface area contributed by atoms with E-state index in [-0.39, 0.29) is 0 Å². The topological polar surface area (TPSA) is 63.2 Å². The van der Waals surface area contributed by atoms with Crippen LogP contribution in [0, 0.1) is 0 Å². The van der Waals surface area contributed by atoms with Crippen LogP contribution in [0.3, 0.4) is 0 Å². The molecule has 0 bridgehead atoms. The second kappa shape index (κ2) is 6.34. The van der Waals surface area contributed by atoms with Crippen molar-refractivity contribution in [1.82, 2.24) is 15.2 Å². The minimum atomic E-state index is 0.735. The van der Waals surface area contributed by atoms with E-state index >= 15 is 0 Å². The third-order valence-corrected chi connectivity index (χ3v) is 2.77. The normalized spacial score (nSPS) is 15.2. The summed E-state index contributed by atoms with van der Waals surface area (Å²) in [6.07, 6.45) is 5.05. The molecular formula is C11H19N5O. The molecular weight excluding hydrogens is 218 g/mol. The van der Waals surface area contributed by atoms with Gasteiger partial charge in [-0.3, -0.25) is 0 Å². The van der Waals surface area contributed by atoms with Crippen molar-refractivity contribution in [2.75, 3.05) is 43.6 Å². The van der Waals surface area contributed by atoms with Crippen molar-refractivity contribution < 1.29 is 4.74 Å². The summed E-state index contributed by atoms with van der Waals surface area (Å²) in [7, 11) is 1.71. The summed E-state index contributed by atoms with van der Waals surface area (Å²) in [6, 6.07) is 0. The monoisotopic (exact) mass is 237 g/mol. The number of rotatable bonds is 6. The van der Waals surface area contributed by atoms with E-state index in [2.05, 4.69) is 25.4 Å². The lowest BCUT2D eigenvalue weighted by Gasteiger charge is -2.14. The molecule has 2 rings (SSSR count). The molecule has 1 aliphatic rings. The van der Waals surface area contributed by atoms with Gasteiger partial charge in [-0.05, 0) is 19.3 Å². The van der Waals surface area contributed by atoms with Crippen molar-refractivity contribution in [2.45, 2.75) is 19.3 Å². The van der Waals surface area contributed by atoms with Crippen LogP contribution in [0.25, 0.3) is 0 Å². The molecule has 6 heteroatoms. The summed E-state index contributed by atoms with van der Waals surface area (Å²) in [5.74, 6) is 1.53. The maximum atomic E-state index is 4.99. The van der Waals surface area contributed by atoms with Crippen molar-refractivity contribution in [2.24, 2.45) is 0 Å². The molecule has 0 radical (unpaired) electrons. The van der Waals surface area contributed by atoms with Gasteiger partial charge in [0.25, 0.3) is 0 Å². The molecule has 0 atom stereocenters. The minimum absolute atomic E-state index is 0.735. The van der Waals surface area contributed by atoms with Gasteiger partial charge in [-0.25, -0.2) is 0 Å². The first-order chi connectivity index (χ1) is 8.40. The van der Waals surface area contributed by atoms with E-state index in [1.165, 1.54) is 12.8 Å². The summed E-state index contributed by atoms with van der Waals surface area (Å²) in [5, 5.41) is 11.3. The summed E-state index contributed by atoms with van der Waals surface area (Å²) in [4.78, 5) is 6.63. The molecule has 1 aromatic rings. The Kier molecular flexibility index (Phi) is 4.49. The molecule has 17 heavy (non-hydrogen) atoms. The molecule has 94 valence electrons. The van der Waals surface area contributed by atoms with E-state index in [4.69, 9.17) is 4.74 Å². The van der Waals surface area contributed by atoms with Crippen LogP contribution in [0.1, 0.15) is 19.3 Å². The van der Waals surface area contributed by atoms with Crippen molar-refractivity contribution >= 4 is 11.8 Å². The van der Waals surface area contributed by atoms with Gasteiger partial charge >= 0.3 is 0 Å². The standard InChI is InChI=1S/C11H19N5O/c1-17-8-4-5-12-10-9-13-15-11(14-10)16-6-2-3-7-16/h9H,2-8H2,1H3,(H,12,14,15). The smallest absolute Gasteiger partial charge is 0.247 e. The van der Waals surface area contributed by atoms with Crippen LogP contribution in [0.5, 0.6) is 0 Å². The Morgan fingerprint density at radius 3 is 3.00 bits per heavy atom. The number of anilines is 2. The Hall–Kier alpha value is -1.43. The van der Waals surface area contributed by atoms with Crippen molar-refractivity contribution in [1.29, 1.82) is 0 Å². The fraction of sp³-hybridized carbons (Fsp3) is 0.727. The van der Waals surface area contributed by atoms with Gasteiger partial charge in [0.1, 0.15) is 0 Å². The van der Waals surface area contributed by atoms with Gasteiger partial charge in [-0.15, -0.1) is 5.10 Å². The third-order valence-electron chi connectivity index (χ3n) is 2.77. The summed E-state index contributed by atoms with van der Waals surface area (Å²) in [5.41, 5.74) is 0. The molecule has 0 amide bonds. The van der Waals surface area contributed by atoms with Crippen LogP contribution >= 0.6 is 0 Å². The summed E-state index contributed by atoms with van der Waals surface area (Å²) >= 11 is 0. The SMILES string of the molecule is COCCCNc1cnnc(N2CCCC2)n1. The van der Waals surface area contributed by atoms with Gasteiger partial charge in [0.15, 0.2) is 5.82 Å². The zero-order valence-electron chi connectivity index (χ0n) is 10.2. The Bertz CT molecular complexity index is 340. The molecule has 0 unspecified atom stereocenters. The predicted octanol–water partition coefficient (Wildman–Crippen LogP) is 0.920. The van der Waals surface area contributed by atoms with E-state index < -0.39 is 0 Å². The predicted molar refractivity (Wildman–Crippen MR) is 66.3 cm³/mol. The largest absolute Gasteiger partial charge is 0.385 e. The van der Waals surface area contributed by atoms with Gasteiger partial charge in [-0.2, -0.15) is 10.1 Å². The lowest BCUT2D eigenvalue weighted by Crippen LogP contribution is -2.21. The van der Waals surface area contributed by atoms with Crippen LogP contribution in [0.15, 0.2) is 6.20 Å². The minimum Gasteiger partial charge on any atom is -0.385 e. The average molecular weight is 237 g/mol. The third kappa shape index (κ3) is 3.52.